The Balaban J connectivity index is 1.79. The van der Waals surface area contributed by atoms with Crippen LogP contribution in [0, 0.1) is 3.57 Å². The van der Waals surface area contributed by atoms with E-state index in [1.807, 2.05) is 48.5 Å². The first-order valence-electron chi connectivity index (χ1n) is 9.77. The van der Waals surface area contributed by atoms with Gasteiger partial charge in [0.25, 0.3) is 0 Å². The van der Waals surface area contributed by atoms with Crippen LogP contribution in [0.15, 0.2) is 66.9 Å². The predicted molar refractivity (Wildman–Crippen MR) is 131 cm³/mol. The molecule has 32 heavy (non-hydrogen) atoms. The molecule has 1 atom stereocenters. The van der Waals surface area contributed by atoms with Crippen molar-refractivity contribution in [2.75, 3.05) is 7.11 Å². The monoisotopic (exact) mass is 559 g/mol. The Labute approximate surface area is 204 Å². The Hall–Kier alpha value is -2.78. The molecule has 0 fully saturated rings. The third-order valence-electron chi connectivity index (χ3n) is 5.22. The highest BCUT2D eigenvalue weighted by Gasteiger charge is 2.43. The Morgan fingerprint density at radius 1 is 1.09 bits per heavy atom. The van der Waals surface area contributed by atoms with Crippen molar-refractivity contribution in [1.29, 1.82) is 0 Å². The summed E-state index contributed by atoms with van der Waals surface area (Å²) in [5, 5.41) is 0.773. The third-order valence-corrected chi connectivity index (χ3v) is 6.06. The van der Waals surface area contributed by atoms with Crippen molar-refractivity contribution in [3.63, 3.8) is 0 Å². The second-order valence-electron chi connectivity index (χ2n) is 7.27. The van der Waals surface area contributed by atoms with Crippen LogP contribution in [0.2, 0.25) is 5.28 Å². The molecule has 6 nitrogen and oxygen atoms in total. The molecule has 2 aromatic carbocycles. The molecule has 4 aromatic rings. The van der Waals surface area contributed by atoms with Crippen LogP contribution in [0.3, 0.4) is 0 Å². The van der Waals surface area contributed by atoms with Gasteiger partial charge in [0.05, 0.1) is 24.0 Å². The molecule has 0 bridgehead atoms. The standard InChI is InChI=1S/C24H19ClIN3O3/c1-24(20-5-3-4-12-27-20,22(30)32-14-15-6-9-17(31-2)10-7-15)21-18-13-16(26)8-11-19(18)28-23(25)29-21/h3-13H,14H2,1-2H3. The molecule has 0 saturated carbocycles. The summed E-state index contributed by atoms with van der Waals surface area (Å²) in [4.78, 5) is 26.9. The first kappa shape index (κ1) is 22.4. The summed E-state index contributed by atoms with van der Waals surface area (Å²) < 4.78 is 11.9. The topological polar surface area (TPSA) is 74.2 Å². The minimum atomic E-state index is -1.30. The number of rotatable bonds is 6. The van der Waals surface area contributed by atoms with Crippen LogP contribution >= 0.6 is 34.2 Å². The quantitative estimate of drug-likeness (QED) is 0.180. The molecule has 0 aliphatic carbocycles. The van der Waals surface area contributed by atoms with E-state index in [0.29, 0.717) is 16.9 Å². The van der Waals surface area contributed by atoms with Crippen molar-refractivity contribution < 1.29 is 14.3 Å². The maximum absolute atomic E-state index is 13.6. The molecular formula is C24H19ClIN3O3. The van der Waals surface area contributed by atoms with E-state index in [1.54, 1.807) is 32.4 Å². The van der Waals surface area contributed by atoms with Gasteiger partial charge >= 0.3 is 5.97 Å². The smallest absolute Gasteiger partial charge is 0.324 e. The molecular weight excluding hydrogens is 541 g/mol. The minimum Gasteiger partial charge on any atom is -0.497 e. The van der Waals surface area contributed by atoms with E-state index in [1.165, 1.54) is 0 Å². The molecule has 0 aliphatic rings. The molecule has 2 heterocycles. The molecule has 0 aliphatic heterocycles. The second-order valence-corrected chi connectivity index (χ2v) is 8.85. The number of carbonyl (C=O) groups excluding carboxylic acids is 1. The van der Waals surface area contributed by atoms with Crippen molar-refractivity contribution in [1.82, 2.24) is 15.0 Å². The maximum atomic E-state index is 13.6. The van der Waals surface area contributed by atoms with Gasteiger partial charge < -0.3 is 9.47 Å². The van der Waals surface area contributed by atoms with Gasteiger partial charge in [0, 0.05) is 15.2 Å². The molecule has 8 heteroatoms. The maximum Gasteiger partial charge on any atom is 0.324 e. The SMILES string of the molecule is COc1ccc(COC(=O)C(C)(c2ccccn2)c2nc(Cl)nc3ccc(I)cc23)cc1. The summed E-state index contributed by atoms with van der Waals surface area (Å²) in [6.07, 6.45) is 1.64. The van der Waals surface area contributed by atoms with Crippen LogP contribution in [0.5, 0.6) is 5.75 Å². The van der Waals surface area contributed by atoms with Crippen LogP contribution in [0.25, 0.3) is 10.9 Å². The lowest BCUT2D eigenvalue weighted by atomic mass is 9.80. The normalized spacial score (nSPS) is 12.9. The van der Waals surface area contributed by atoms with Gasteiger partial charge in [-0.25, -0.2) is 9.97 Å². The molecule has 0 N–H and O–H groups in total. The fraction of sp³-hybridized carbons (Fsp3) is 0.167. The average Bonchev–Trinajstić information content (AvgIpc) is 2.82. The van der Waals surface area contributed by atoms with Crippen molar-refractivity contribution in [3.8, 4) is 5.75 Å². The highest BCUT2D eigenvalue weighted by molar-refractivity contribution is 14.1. The van der Waals surface area contributed by atoms with Gasteiger partial charge in [0.2, 0.25) is 5.28 Å². The van der Waals surface area contributed by atoms with Crippen LogP contribution in [-0.2, 0) is 21.6 Å². The van der Waals surface area contributed by atoms with Crippen molar-refractivity contribution >= 4 is 51.1 Å². The molecule has 4 rings (SSSR count). The molecule has 1 unspecified atom stereocenters. The second kappa shape index (κ2) is 9.38. The van der Waals surface area contributed by atoms with E-state index >= 15 is 0 Å². The zero-order valence-electron chi connectivity index (χ0n) is 17.4. The predicted octanol–water partition coefficient (Wildman–Crippen LogP) is 5.34. The number of benzene rings is 2. The Bertz CT molecular complexity index is 1270. The van der Waals surface area contributed by atoms with Gasteiger partial charge in [0.1, 0.15) is 17.8 Å². The largest absolute Gasteiger partial charge is 0.497 e. The summed E-state index contributed by atoms with van der Waals surface area (Å²) in [5.41, 5.74) is 1.13. The summed E-state index contributed by atoms with van der Waals surface area (Å²) in [6, 6.07) is 18.5. The van der Waals surface area contributed by atoms with Crippen molar-refractivity contribution in [2.24, 2.45) is 0 Å². The summed E-state index contributed by atoms with van der Waals surface area (Å²) in [5.74, 6) is 0.247. The number of carbonyl (C=O) groups is 1. The Morgan fingerprint density at radius 2 is 1.88 bits per heavy atom. The number of aromatic nitrogens is 3. The van der Waals surface area contributed by atoms with Crippen LogP contribution in [0.1, 0.15) is 23.9 Å². The van der Waals surface area contributed by atoms with Gasteiger partial charge in [-0.1, -0.05) is 18.2 Å². The number of ether oxygens (including phenoxy) is 2. The van der Waals surface area contributed by atoms with E-state index in [4.69, 9.17) is 21.1 Å². The van der Waals surface area contributed by atoms with Gasteiger partial charge in [-0.2, -0.15) is 0 Å². The number of halogens is 2. The minimum absolute atomic E-state index is 0.0545. The van der Waals surface area contributed by atoms with Gasteiger partial charge in [-0.3, -0.25) is 9.78 Å². The van der Waals surface area contributed by atoms with Gasteiger partial charge in [-0.15, -0.1) is 0 Å². The van der Waals surface area contributed by atoms with E-state index in [2.05, 4.69) is 37.5 Å². The van der Waals surface area contributed by atoms with Crippen LogP contribution in [-0.4, -0.2) is 28.0 Å². The van der Waals surface area contributed by atoms with Crippen LogP contribution < -0.4 is 4.74 Å². The summed E-state index contributed by atoms with van der Waals surface area (Å²) in [6.45, 7) is 1.85. The highest BCUT2D eigenvalue weighted by Crippen LogP contribution is 2.36. The number of nitrogens with zero attached hydrogens (tertiary/aromatic N) is 3. The number of hydrogen-bond donors (Lipinski definition) is 0. The first-order valence-corrected chi connectivity index (χ1v) is 11.2. The fourth-order valence-electron chi connectivity index (χ4n) is 3.45. The lowest BCUT2D eigenvalue weighted by Crippen LogP contribution is -2.37. The number of methoxy groups -OCH3 is 1. The zero-order chi connectivity index (χ0) is 22.7. The molecule has 0 saturated heterocycles. The van der Waals surface area contributed by atoms with Crippen molar-refractivity contribution in [3.05, 3.63) is 92.7 Å². The van der Waals surface area contributed by atoms with E-state index < -0.39 is 11.4 Å². The molecule has 0 amide bonds. The molecule has 2 aromatic heterocycles. The Morgan fingerprint density at radius 3 is 2.56 bits per heavy atom. The van der Waals surface area contributed by atoms with Gasteiger partial charge in [0.15, 0.2) is 0 Å². The summed E-state index contributed by atoms with van der Waals surface area (Å²) >= 11 is 8.47. The van der Waals surface area contributed by atoms with Crippen molar-refractivity contribution in [2.45, 2.75) is 18.9 Å². The number of hydrogen-bond acceptors (Lipinski definition) is 6. The summed E-state index contributed by atoms with van der Waals surface area (Å²) in [7, 11) is 1.60. The molecule has 0 radical (unpaired) electrons. The lowest BCUT2D eigenvalue weighted by Gasteiger charge is -2.27. The van der Waals surface area contributed by atoms with Gasteiger partial charge in [-0.05, 0) is 89.1 Å². The number of esters is 1. The first-order chi connectivity index (χ1) is 15.4. The van der Waals surface area contributed by atoms with E-state index in [-0.39, 0.29) is 11.9 Å². The molecule has 0 spiro atoms. The number of pyridine rings is 1. The van der Waals surface area contributed by atoms with Crippen LogP contribution in [0.4, 0.5) is 0 Å². The third kappa shape index (κ3) is 4.40. The fourth-order valence-corrected chi connectivity index (χ4v) is 4.12. The van der Waals surface area contributed by atoms with E-state index in [9.17, 15) is 4.79 Å². The number of fused-ring (bicyclic) bond motifs is 1. The zero-order valence-corrected chi connectivity index (χ0v) is 20.3. The highest BCUT2D eigenvalue weighted by atomic mass is 127. The lowest BCUT2D eigenvalue weighted by molar-refractivity contribution is -0.150. The van der Waals surface area contributed by atoms with E-state index in [0.717, 1.165) is 20.3 Å². The average molecular weight is 560 g/mol. The molecule has 162 valence electrons. The Kier molecular flexibility index (Phi) is 6.57.